The van der Waals surface area contributed by atoms with Crippen molar-refractivity contribution in [3.63, 3.8) is 0 Å². The summed E-state index contributed by atoms with van der Waals surface area (Å²) in [6.07, 6.45) is 1.01. The third-order valence-corrected chi connectivity index (χ3v) is 4.97. The minimum atomic E-state index is -4.39. The fourth-order valence-electron chi connectivity index (χ4n) is 3.24. The molecular formula is C20H15F3N4O2. The Hall–Kier alpha value is -3.36. The molecule has 29 heavy (non-hydrogen) atoms. The monoisotopic (exact) mass is 400 g/mol. The van der Waals surface area contributed by atoms with Crippen LogP contribution >= 0.6 is 0 Å². The van der Waals surface area contributed by atoms with Gasteiger partial charge in [0, 0.05) is 12.1 Å². The van der Waals surface area contributed by atoms with Gasteiger partial charge in [0.1, 0.15) is 12.8 Å². The lowest BCUT2D eigenvalue weighted by Gasteiger charge is -2.07. The Morgan fingerprint density at radius 1 is 1.07 bits per heavy atom. The topological polar surface area (TPSA) is 65.3 Å². The van der Waals surface area contributed by atoms with Crippen molar-refractivity contribution in [2.75, 3.05) is 0 Å². The van der Waals surface area contributed by atoms with E-state index >= 15 is 0 Å². The van der Waals surface area contributed by atoms with E-state index in [1.54, 1.807) is 24.6 Å². The Morgan fingerprint density at radius 3 is 2.48 bits per heavy atom. The SMILES string of the molecule is O=c1n(Cc2nc(C3CC3)co2)nc2ccc(-c3ccc(C(F)(F)F)cc3)cn12. The number of nitrogens with zero attached hydrogens (tertiary/aromatic N) is 4. The second-order valence-corrected chi connectivity index (χ2v) is 7.10. The van der Waals surface area contributed by atoms with Crippen LogP contribution in [0.5, 0.6) is 0 Å². The lowest BCUT2D eigenvalue weighted by atomic mass is 10.1. The van der Waals surface area contributed by atoms with Gasteiger partial charge in [-0.25, -0.2) is 18.9 Å². The number of fused-ring (bicyclic) bond motifs is 1. The van der Waals surface area contributed by atoms with E-state index in [4.69, 9.17) is 4.42 Å². The smallest absolute Gasteiger partial charge is 0.416 e. The van der Waals surface area contributed by atoms with Crippen molar-refractivity contribution in [2.24, 2.45) is 0 Å². The normalized spacial score (nSPS) is 14.6. The minimum Gasteiger partial charge on any atom is -0.447 e. The highest BCUT2D eigenvalue weighted by Crippen LogP contribution is 2.39. The molecule has 5 rings (SSSR count). The molecule has 0 saturated heterocycles. The van der Waals surface area contributed by atoms with Crippen molar-refractivity contribution in [3.8, 4) is 11.1 Å². The lowest BCUT2D eigenvalue weighted by Crippen LogP contribution is -2.21. The van der Waals surface area contributed by atoms with Crippen LogP contribution in [0.25, 0.3) is 16.8 Å². The Balaban J connectivity index is 1.45. The van der Waals surface area contributed by atoms with Crippen molar-refractivity contribution >= 4 is 5.65 Å². The lowest BCUT2D eigenvalue weighted by molar-refractivity contribution is -0.137. The van der Waals surface area contributed by atoms with Crippen LogP contribution in [0, 0.1) is 0 Å². The molecule has 148 valence electrons. The molecule has 3 heterocycles. The van der Waals surface area contributed by atoms with Crippen LogP contribution in [0.15, 0.2) is 58.1 Å². The second-order valence-electron chi connectivity index (χ2n) is 7.10. The average Bonchev–Trinajstić information content (AvgIpc) is 3.38. The highest BCUT2D eigenvalue weighted by molar-refractivity contribution is 5.64. The molecule has 9 heteroatoms. The number of pyridine rings is 1. The van der Waals surface area contributed by atoms with Crippen LogP contribution < -0.4 is 5.69 Å². The molecule has 1 aliphatic carbocycles. The minimum absolute atomic E-state index is 0.114. The zero-order valence-corrected chi connectivity index (χ0v) is 15.1. The summed E-state index contributed by atoms with van der Waals surface area (Å²) in [5, 5.41) is 4.28. The van der Waals surface area contributed by atoms with E-state index in [0.29, 0.717) is 28.6 Å². The molecular weight excluding hydrogens is 385 g/mol. The number of benzene rings is 1. The summed E-state index contributed by atoms with van der Waals surface area (Å²) in [6.45, 7) is 0.114. The van der Waals surface area contributed by atoms with Gasteiger partial charge in [-0.15, -0.1) is 5.10 Å². The second kappa shape index (κ2) is 6.33. The van der Waals surface area contributed by atoms with Gasteiger partial charge in [-0.05, 0) is 48.2 Å². The van der Waals surface area contributed by atoms with Crippen molar-refractivity contribution in [1.82, 2.24) is 19.2 Å². The van der Waals surface area contributed by atoms with E-state index in [0.717, 1.165) is 30.7 Å². The molecule has 1 fully saturated rings. The molecule has 1 aliphatic rings. The van der Waals surface area contributed by atoms with Gasteiger partial charge in [0.05, 0.1) is 11.3 Å². The molecule has 0 amide bonds. The first-order valence-corrected chi connectivity index (χ1v) is 9.10. The van der Waals surface area contributed by atoms with Crippen molar-refractivity contribution < 1.29 is 17.6 Å². The van der Waals surface area contributed by atoms with Gasteiger partial charge in [0.2, 0.25) is 5.89 Å². The van der Waals surface area contributed by atoms with Crippen LogP contribution in [0.2, 0.25) is 0 Å². The summed E-state index contributed by atoms with van der Waals surface area (Å²) in [7, 11) is 0. The van der Waals surface area contributed by atoms with Gasteiger partial charge in [-0.3, -0.25) is 0 Å². The molecule has 1 saturated carbocycles. The maximum atomic E-state index is 12.7. The Bertz CT molecular complexity index is 1250. The largest absolute Gasteiger partial charge is 0.447 e. The Kier molecular flexibility index (Phi) is 3.87. The van der Waals surface area contributed by atoms with E-state index in [1.807, 2.05) is 0 Å². The highest BCUT2D eigenvalue weighted by Gasteiger charge is 2.30. The summed E-state index contributed by atoms with van der Waals surface area (Å²) >= 11 is 0. The molecule has 0 spiro atoms. The quantitative estimate of drug-likeness (QED) is 0.518. The van der Waals surface area contributed by atoms with Crippen molar-refractivity contribution in [1.29, 1.82) is 0 Å². The maximum absolute atomic E-state index is 12.7. The Morgan fingerprint density at radius 2 is 1.79 bits per heavy atom. The summed E-state index contributed by atoms with van der Waals surface area (Å²) in [5.74, 6) is 0.872. The maximum Gasteiger partial charge on any atom is 0.416 e. The van der Waals surface area contributed by atoms with E-state index in [1.165, 1.54) is 21.2 Å². The van der Waals surface area contributed by atoms with Gasteiger partial charge in [0.25, 0.3) is 0 Å². The molecule has 3 aromatic heterocycles. The average molecular weight is 400 g/mol. The highest BCUT2D eigenvalue weighted by atomic mass is 19.4. The molecule has 0 bridgehead atoms. The molecule has 4 aromatic rings. The van der Waals surface area contributed by atoms with E-state index in [2.05, 4.69) is 10.1 Å². The van der Waals surface area contributed by atoms with Gasteiger partial charge in [0.15, 0.2) is 5.65 Å². The van der Waals surface area contributed by atoms with E-state index in [-0.39, 0.29) is 12.2 Å². The molecule has 0 atom stereocenters. The number of rotatable bonds is 4. The van der Waals surface area contributed by atoms with Crippen molar-refractivity contribution in [3.05, 3.63) is 76.5 Å². The summed E-state index contributed by atoms with van der Waals surface area (Å²) < 4.78 is 46.3. The first-order chi connectivity index (χ1) is 13.9. The molecule has 0 N–H and O–H groups in total. The molecule has 0 radical (unpaired) electrons. The number of hydrogen-bond acceptors (Lipinski definition) is 4. The molecule has 0 unspecified atom stereocenters. The molecule has 0 aliphatic heterocycles. The van der Waals surface area contributed by atoms with Crippen LogP contribution in [0.3, 0.4) is 0 Å². The van der Waals surface area contributed by atoms with E-state index < -0.39 is 11.7 Å². The van der Waals surface area contributed by atoms with E-state index in [9.17, 15) is 18.0 Å². The Labute approximate surface area is 162 Å². The fourth-order valence-corrected chi connectivity index (χ4v) is 3.24. The third-order valence-electron chi connectivity index (χ3n) is 4.97. The predicted molar refractivity (Wildman–Crippen MR) is 97.5 cm³/mol. The van der Waals surface area contributed by atoms with Gasteiger partial charge in [-0.2, -0.15) is 13.2 Å². The third kappa shape index (κ3) is 3.32. The number of oxazole rings is 1. The zero-order chi connectivity index (χ0) is 20.2. The first kappa shape index (κ1) is 17.7. The molecule has 1 aromatic carbocycles. The number of aromatic nitrogens is 4. The number of hydrogen-bond donors (Lipinski definition) is 0. The zero-order valence-electron chi connectivity index (χ0n) is 15.1. The van der Waals surface area contributed by atoms with Crippen molar-refractivity contribution in [2.45, 2.75) is 31.5 Å². The number of alkyl halides is 3. The summed E-state index contributed by atoms with van der Waals surface area (Å²) in [5.41, 5.74) is 1.42. The fraction of sp³-hybridized carbons (Fsp3) is 0.250. The molecule has 6 nitrogen and oxygen atoms in total. The van der Waals surface area contributed by atoms with Gasteiger partial charge < -0.3 is 4.42 Å². The number of halogens is 3. The first-order valence-electron chi connectivity index (χ1n) is 9.10. The van der Waals surface area contributed by atoms with Crippen LogP contribution in [-0.4, -0.2) is 19.2 Å². The van der Waals surface area contributed by atoms with Crippen LogP contribution in [0.4, 0.5) is 13.2 Å². The summed E-state index contributed by atoms with van der Waals surface area (Å²) in [4.78, 5) is 17.1. The standard InChI is InChI=1S/C20H15F3N4O2/c21-20(22,23)15-6-3-12(4-7-15)14-5-8-17-25-27(19(28)26(17)9-14)10-18-24-16(11-29-18)13-1-2-13/h3-9,11,13H,1-2,10H2. The summed E-state index contributed by atoms with van der Waals surface area (Å²) in [6, 6.07) is 8.16. The van der Waals surface area contributed by atoms with Gasteiger partial charge in [-0.1, -0.05) is 12.1 Å². The van der Waals surface area contributed by atoms with Crippen LogP contribution in [0.1, 0.15) is 35.9 Å². The van der Waals surface area contributed by atoms with Gasteiger partial charge >= 0.3 is 11.9 Å². The van der Waals surface area contributed by atoms with Crippen LogP contribution in [-0.2, 0) is 12.7 Å². The predicted octanol–water partition coefficient (Wildman–Crippen LogP) is 4.10.